The molecule has 0 saturated carbocycles. The van der Waals surface area contributed by atoms with Gasteiger partial charge < -0.3 is 10.3 Å². The molecule has 0 bridgehead atoms. The van der Waals surface area contributed by atoms with Crippen molar-refractivity contribution >= 4 is 11.8 Å². The number of nitrogens with two attached hydrogens (primary N) is 1. The third kappa shape index (κ3) is 2.53. The molecule has 1 atom stereocenters. The van der Waals surface area contributed by atoms with Gasteiger partial charge in [-0.2, -0.15) is 0 Å². The highest BCUT2D eigenvalue weighted by atomic mass is 32.2. The van der Waals surface area contributed by atoms with Crippen LogP contribution >= 0.6 is 11.8 Å². The Morgan fingerprint density at radius 1 is 1.75 bits per heavy atom. The summed E-state index contributed by atoms with van der Waals surface area (Å²) in [5, 5.41) is 1.04. The van der Waals surface area contributed by atoms with Crippen molar-refractivity contribution in [3.8, 4) is 0 Å². The van der Waals surface area contributed by atoms with Crippen LogP contribution in [0.3, 0.4) is 0 Å². The Kier molecular flexibility index (Phi) is 3.62. The lowest BCUT2D eigenvalue weighted by Crippen LogP contribution is -2.21. The quantitative estimate of drug-likeness (QED) is 0.718. The number of thioether (sulfide) groups is 1. The van der Waals surface area contributed by atoms with Crippen LogP contribution in [0.15, 0.2) is 17.6 Å². The van der Waals surface area contributed by atoms with Crippen molar-refractivity contribution in [3.05, 3.63) is 12.4 Å². The van der Waals surface area contributed by atoms with Crippen LogP contribution in [0, 0.1) is 0 Å². The fraction of sp³-hybridized carbons (Fsp3) is 0.625. The molecule has 0 amide bonds. The van der Waals surface area contributed by atoms with E-state index in [2.05, 4.69) is 11.9 Å². The standard InChI is InChI=1S/C8H15N3S/c1-3-7(9)6-12-8-10-4-5-11(8)2/h4-5,7H,3,6,9H2,1-2H3/t7-/m1/s1. The number of imidazole rings is 1. The topological polar surface area (TPSA) is 43.8 Å². The van der Waals surface area contributed by atoms with Crippen LogP contribution in [0.5, 0.6) is 0 Å². The number of nitrogens with zero attached hydrogens (tertiary/aromatic N) is 2. The lowest BCUT2D eigenvalue weighted by Gasteiger charge is -2.06. The lowest BCUT2D eigenvalue weighted by atomic mass is 10.3. The van der Waals surface area contributed by atoms with E-state index in [0.717, 1.165) is 17.3 Å². The normalized spacial score (nSPS) is 13.2. The molecule has 0 saturated heterocycles. The van der Waals surface area contributed by atoms with E-state index in [0.29, 0.717) is 0 Å². The van der Waals surface area contributed by atoms with E-state index in [-0.39, 0.29) is 6.04 Å². The summed E-state index contributed by atoms with van der Waals surface area (Å²) in [6.45, 7) is 2.10. The molecule has 0 spiro atoms. The molecule has 1 heterocycles. The zero-order valence-corrected chi connectivity index (χ0v) is 8.34. The van der Waals surface area contributed by atoms with Gasteiger partial charge in [0.2, 0.25) is 0 Å². The maximum Gasteiger partial charge on any atom is 0.167 e. The molecule has 0 fully saturated rings. The second-order valence-electron chi connectivity index (χ2n) is 2.80. The van der Waals surface area contributed by atoms with Crippen molar-refractivity contribution in [2.24, 2.45) is 12.8 Å². The number of aromatic nitrogens is 2. The zero-order chi connectivity index (χ0) is 8.97. The van der Waals surface area contributed by atoms with Crippen molar-refractivity contribution in [2.45, 2.75) is 24.5 Å². The molecule has 2 N–H and O–H groups in total. The Hall–Kier alpha value is -0.480. The molecule has 0 aliphatic carbocycles. The van der Waals surface area contributed by atoms with E-state index in [9.17, 15) is 0 Å². The SMILES string of the molecule is CC[C@@H](N)CSc1nccn1C. The average molecular weight is 185 g/mol. The van der Waals surface area contributed by atoms with Crippen molar-refractivity contribution in [2.75, 3.05) is 5.75 Å². The maximum atomic E-state index is 5.78. The molecule has 3 nitrogen and oxygen atoms in total. The lowest BCUT2D eigenvalue weighted by molar-refractivity contribution is 0.719. The molecular weight excluding hydrogens is 170 g/mol. The first kappa shape index (κ1) is 9.61. The second-order valence-corrected chi connectivity index (χ2v) is 3.79. The molecule has 0 aliphatic rings. The van der Waals surface area contributed by atoms with Gasteiger partial charge in [0.15, 0.2) is 5.16 Å². The predicted octanol–water partition coefficient (Wildman–Crippen LogP) is 1.25. The first-order chi connectivity index (χ1) is 5.74. The van der Waals surface area contributed by atoms with Crippen LogP contribution in [0.4, 0.5) is 0 Å². The molecular formula is C8H15N3S. The highest BCUT2D eigenvalue weighted by molar-refractivity contribution is 7.99. The Balaban J connectivity index is 2.38. The van der Waals surface area contributed by atoms with Crippen LogP contribution in [0.1, 0.15) is 13.3 Å². The molecule has 0 radical (unpaired) electrons. The molecule has 0 aromatic carbocycles. The Bertz CT molecular complexity index is 234. The monoisotopic (exact) mass is 185 g/mol. The number of aryl methyl sites for hydroxylation is 1. The summed E-state index contributed by atoms with van der Waals surface area (Å²) in [7, 11) is 1.99. The van der Waals surface area contributed by atoms with Gasteiger partial charge in [-0.25, -0.2) is 4.98 Å². The van der Waals surface area contributed by atoms with Crippen LogP contribution < -0.4 is 5.73 Å². The molecule has 12 heavy (non-hydrogen) atoms. The summed E-state index contributed by atoms with van der Waals surface area (Å²) in [6.07, 6.45) is 4.77. The second kappa shape index (κ2) is 4.52. The minimum absolute atomic E-state index is 0.284. The molecule has 68 valence electrons. The smallest absolute Gasteiger partial charge is 0.167 e. The summed E-state index contributed by atoms with van der Waals surface area (Å²) in [4.78, 5) is 4.19. The minimum Gasteiger partial charge on any atom is -0.329 e. The van der Waals surface area contributed by atoms with E-state index < -0.39 is 0 Å². The Morgan fingerprint density at radius 3 is 3.00 bits per heavy atom. The highest BCUT2D eigenvalue weighted by Crippen LogP contribution is 2.15. The van der Waals surface area contributed by atoms with Gasteiger partial charge in [-0.1, -0.05) is 18.7 Å². The first-order valence-corrected chi connectivity index (χ1v) is 5.08. The fourth-order valence-corrected chi connectivity index (χ4v) is 1.79. The van der Waals surface area contributed by atoms with Crippen molar-refractivity contribution in [3.63, 3.8) is 0 Å². The summed E-state index contributed by atoms with van der Waals surface area (Å²) < 4.78 is 2.01. The van der Waals surface area contributed by atoms with Gasteiger partial charge in [-0.3, -0.25) is 0 Å². The molecule has 1 aromatic rings. The fourth-order valence-electron chi connectivity index (χ4n) is 0.790. The molecule has 4 heteroatoms. The van der Waals surface area contributed by atoms with Crippen LogP contribution in [-0.2, 0) is 7.05 Å². The van der Waals surface area contributed by atoms with E-state index in [4.69, 9.17) is 5.73 Å². The van der Waals surface area contributed by atoms with Crippen LogP contribution in [0.2, 0.25) is 0 Å². The molecule has 1 rings (SSSR count). The first-order valence-electron chi connectivity index (χ1n) is 4.09. The van der Waals surface area contributed by atoms with Gasteiger partial charge in [0.05, 0.1) is 0 Å². The van der Waals surface area contributed by atoms with E-state index >= 15 is 0 Å². The number of rotatable bonds is 4. The van der Waals surface area contributed by atoms with Gasteiger partial charge in [-0.05, 0) is 6.42 Å². The zero-order valence-electron chi connectivity index (χ0n) is 7.53. The molecule has 0 unspecified atom stereocenters. The van der Waals surface area contributed by atoms with Gasteiger partial charge in [0, 0.05) is 31.2 Å². The van der Waals surface area contributed by atoms with Crippen molar-refractivity contribution in [1.29, 1.82) is 0 Å². The van der Waals surface area contributed by atoms with Gasteiger partial charge >= 0.3 is 0 Å². The summed E-state index contributed by atoms with van der Waals surface area (Å²) in [6, 6.07) is 0.284. The Morgan fingerprint density at radius 2 is 2.50 bits per heavy atom. The van der Waals surface area contributed by atoms with E-state index in [1.807, 2.05) is 17.8 Å². The van der Waals surface area contributed by atoms with Crippen LogP contribution in [0.25, 0.3) is 0 Å². The number of hydrogen-bond donors (Lipinski definition) is 1. The van der Waals surface area contributed by atoms with Gasteiger partial charge in [0.25, 0.3) is 0 Å². The third-order valence-corrected chi connectivity index (χ3v) is 2.97. The largest absolute Gasteiger partial charge is 0.329 e. The third-order valence-electron chi connectivity index (χ3n) is 1.73. The molecule has 1 aromatic heterocycles. The van der Waals surface area contributed by atoms with Gasteiger partial charge in [0.1, 0.15) is 0 Å². The summed E-state index contributed by atoms with van der Waals surface area (Å²) in [5.41, 5.74) is 5.78. The predicted molar refractivity (Wildman–Crippen MR) is 52.2 cm³/mol. The van der Waals surface area contributed by atoms with E-state index in [1.54, 1.807) is 18.0 Å². The highest BCUT2D eigenvalue weighted by Gasteiger charge is 2.03. The minimum atomic E-state index is 0.284. The van der Waals surface area contributed by atoms with E-state index in [1.165, 1.54) is 0 Å². The summed E-state index contributed by atoms with van der Waals surface area (Å²) >= 11 is 1.71. The van der Waals surface area contributed by atoms with Crippen LogP contribution in [-0.4, -0.2) is 21.3 Å². The number of hydrogen-bond acceptors (Lipinski definition) is 3. The molecule has 0 aliphatic heterocycles. The van der Waals surface area contributed by atoms with Gasteiger partial charge in [-0.15, -0.1) is 0 Å². The maximum absolute atomic E-state index is 5.78. The average Bonchev–Trinajstić information content (AvgIpc) is 2.47. The Labute approximate surface area is 77.4 Å². The summed E-state index contributed by atoms with van der Waals surface area (Å²) in [5.74, 6) is 0.946. The van der Waals surface area contributed by atoms with Crippen molar-refractivity contribution in [1.82, 2.24) is 9.55 Å². The van der Waals surface area contributed by atoms with Crippen molar-refractivity contribution < 1.29 is 0 Å².